The van der Waals surface area contributed by atoms with E-state index in [4.69, 9.17) is 4.74 Å². The minimum absolute atomic E-state index is 0. The molecule has 0 spiro atoms. The van der Waals surface area contributed by atoms with E-state index in [1.165, 1.54) is 31.4 Å². The monoisotopic (exact) mass is 704 g/mol. The average molecular weight is 705 g/mol. The maximum absolute atomic E-state index is 12.5. The Bertz CT molecular complexity index is 2000. The molecule has 0 fully saturated rings. The van der Waals surface area contributed by atoms with E-state index in [1.54, 1.807) is 48.6 Å². The number of carbonyl (C=O) groups excluding carboxylic acids is 2. The lowest BCUT2D eigenvalue weighted by molar-refractivity contribution is -0.111. The van der Waals surface area contributed by atoms with Gasteiger partial charge in [-0.2, -0.15) is 0 Å². The highest BCUT2D eigenvalue weighted by molar-refractivity contribution is 6.05. The van der Waals surface area contributed by atoms with Crippen molar-refractivity contribution in [3.63, 3.8) is 0 Å². The smallest absolute Gasteiger partial charge is 0.178 e. The number of allylic oxidation sites excluding steroid dienone is 4. The van der Waals surface area contributed by atoms with Gasteiger partial charge in [0.15, 0.2) is 23.1 Å². The molecule has 0 amide bonds. The Hall–Kier alpha value is -5.82. The summed E-state index contributed by atoms with van der Waals surface area (Å²) < 4.78 is 5.32. The number of carbonyl (C=O) groups is 2. The molecule has 7 heteroatoms. The molecule has 0 saturated heterocycles. The van der Waals surface area contributed by atoms with Crippen molar-refractivity contribution < 1.29 is 34.8 Å². The average Bonchev–Trinajstić information content (AvgIpc) is 3.10. The predicted octanol–water partition coefficient (Wildman–Crippen LogP) is 10.2. The Morgan fingerprint density at radius 2 is 0.846 bits per heavy atom. The summed E-state index contributed by atoms with van der Waals surface area (Å²) in [6, 6.07) is 10.3. The topological polar surface area (TPSA) is 124 Å². The minimum Gasteiger partial charge on any atom is -0.508 e. The van der Waals surface area contributed by atoms with Gasteiger partial charge in [0.05, 0.1) is 7.11 Å². The number of methoxy groups -OCH3 is 1. The van der Waals surface area contributed by atoms with Gasteiger partial charge in [0.25, 0.3) is 0 Å². The van der Waals surface area contributed by atoms with Gasteiger partial charge in [-0.1, -0.05) is 43.9 Å². The highest BCUT2D eigenvalue weighted by Gasteiger charge is 2.16. The van der Waals surface area contributed by atoms with E-state index in [0.29, 0.717) is 11.5 Å². The van der Waals surface area contributed by atoms with Gasteiger partial charge >= 0.3 is 0 Å². The number of hydrogen-bond donors (Lipinski definition) is 4. The first-order valence-electron chi connectivity index (χ1n) is 16.5. The van der Waals surface area contributed by atoms with Gasteiger partial charge in [-0.3, -0.25) is 9.59 Å². The molecule has 0 bridgehead atoms. The van der Waals surface area contributed by atoms with Gasteiger partial charge in [-0.15, -0.1) is 0 Å². The number of aryl methyl sites for hydroxylation is 2. The Morgan fingerprint density at radius 1 is 0.500 bits per heavy atom. The van der Waals surface area contributed by atoms with Gasteiger partial charge in [0, 0.05) is 5.56 Å². The van der Waals surface area contributed by atoms with E-state index in [-0.39, 0.29) is 36.2 Å². The van der Waals surface area contributed by atoms with E-state index in [9.17, 15) is 30.0 Å². The number of aromatic hydroxyl groups is 4. The zero-order valence-corrected chi connectivity index (χ0v) is 31.1. The van der Waals surface area contributed by atoms with Crippen molar-refractivity contribution in [2.75, 3.05) is 7.11 Å². The molecule has 4 aromatic rings. The maximum Gasteiger partial charge on any atom is 0.178 e. The summed E-state index contributed by atoms with van der Waals surface area (Å²) in [6.07, 6.45) is 13.0. The van der Waals surface area contributed by atoms with Gasteiger partial charge in [0.1, 0.15) is 17.2 Å². The third kappa shape index (κ3) is 10.1. The van der Waals surface area contributed by atoms with E-state index >= 15 is 0 Å². The van der Waals surface area contributed by atoms with Crippen molar-refractivity contribution in [3.05, 3.63) is 133 Å². The molecule has 0 atom stereocenters. The molecule has 274 valence electrons. The molecular weight excluding hydrogens is 652 g/mol. The summed E-state index contributed by atoms with van der Waals surface area (Å²) >= 11 is 0. The van der Waals surface area contributed by atoms with Crippen molar-refractivity contribution in [2.24, 2.45) is 0 Å². The van der Waals surface area contributed by atoms with Crippen LogP contribution in [0.25, 0.3) is 24.3 Å². The van der Waals surface area contributed by atoms with Crippen LogP contribution < -0.4 is 4.74 Å². The molecule has 0 heterocycles. The van der Waals surface area contributed by atoms with Crippen LogP contribution in [0.3, 0.4) is 0 Å². The molecule has 0 aromatic heterocycles. The molecular formula is C45H52O7. The molecule has 0 unspecified atom stereocenters. The lowest BCUT2D eigenvalue weighted by Crippen LogP contribution is -1.98. The van der Waals surface area contributed by atoms with Crippen LogP contribution in [0.15, 0.2) is 60.7 Å². The largest absolute Gasteiger partial charge is 0.508 e. The van der Waals surface area contributed by atoms with Gasteiger partial charge < -0.3 is 25.2 Å². The van der Waals surface area contributed by atoms with Crippen LogP contribution in [0, 0.1) is 62.3 Å². The lowest BCUT2D eigenvalue weighted by Gasteiger charge is -2.16. The summed E-state index contributed by atoms with van der Waals surface area (Å²) in [5.74, 6) is 1.09. The maximum atomic E-state index is 12.5. The van der Waals surface area contributed by atoms with Crippen LogP contribution >= 0.6 is 0 Å². The first kappa shape index (κ1) is 42.3. The standard InChI is InChI=1S/C25H30O4.C19H18O3.CH4/c1-13-16(4)23(27)17(5)14(2)21(13)11-9-20(26)10-12-22-15(3)18(6)24(28)25(29-8)19(22)7;1-13-11-15(5-9-18(13)21)3-7-17(20)8-4-16-6-10-19(22)14(2)12-16;/h9-12,27-28H,1-8H3;3-12,21-22H,1-2H3;1H4/b11-9+,12-10+;7-3+,8-4+;. The highest BCUT2D eigenvalue weighted by atomic mass is 16.5. The normalized spacial score (nSPS) is 11.3. The molecule has 7 nitrogen and oxygen atoms in total. The third-order valence-electron chi connectivity index (χ3n) is 9.28. The summed E-state index contributed by atoms with van der Waals surface area (Å²) in [4.78, 5) is 24.3. The molecule has 0 saturated carbocycles. The van der Waals surface area contributed by atoms with Crippen LogP contribution in [0.2, 0.25) is 0 Å². The fraction of sp³-hybridized carbons (Fsp3) is 0.244. The molecule has 4 rings (SSSR count). The third-order valence-corrected chi connectivity index (χ3v) is 9.28. The fourth-order valence-corrected chi connectivity index (χ4v) is 5.57. The van der Waals surface area contributed by atoms with Crippen molar-refractivity contribution in [3.8, 4) is 28.7 Å². The van der Waals surface area contributed by atoms with Crippen LogP contribution in [-0.2, 0) is 9.59 Å². The molecule has 0 aliphatic rings. The minimum atomic E-state index is -0.143. The van der Waals surface area contributed by atoms with E-state index in [2.05, 4.69) is 0 Å². The summed E-state index contributed by atoms with van der Waals surface area (Å²) in [5, 5.41) is 39.3. The number of rotatable bonds is 9. The quantitative estimate of drug-likeness (QED) is 0.128. The predicted molar refractivity (Wildman–Crippen MR) is 214 cm³/mol. The second-order valence-corrected chi connectivity index (χ2v) is 12.7. The van der Waals surface area contributed by atoms with Crippen molar-refractivity contribution in [2.45, 2.75) is 69.7 Å². The van der Waals surface area contributed by atoms with Crippen LogP contribution in [-0.4, -0.2) is 39.1 Å². The molecule has 0 aliphatic carbocycles. The number of ether oxygens (including phenoxy) is 1. The first-order chi connectivity index (χ1) is 24.0. The van der Waals surface area contributed by atoms with Crippen LogP contribution in [0.5, 0.6) is 28.7 Å². The van der Waals surface area contributed by atoms with Crippen molar-refractivity contribution in [1.82, 2.24) is 0 Å². The second kappa shape index (κ2) is 18.4. The number of benzene rings is 4. The van der Waals surface area contributed by atoms with Crippen molar-refractivity contribution in [1.29, 1.82) is 0 Å². The SMILES string of the molecule is C.COc1c(C)c(/C=C/C(=O)/C=C/c2c(C)c(C)c(O)c(C)c2C)c(C)c(C)c1O.Cc1cc(/C=C/C(=O)/C=C/c2ccc(O)c(C)c2)ccc1O. The van der Waals surface area contributed by atoms with E-state index in [1.807, 2.05) is 74.4 Å². The lowest BCUT2D eigenvalue weighted by atomic mass is 9.92. The van der Waals surface area contributed by atoms with Gasteiger partial charge in [-0.05, 0) is 178 Å². The number of phenols is 4. The molecule has 0 aliphatic heterocycles. The first-order valence-corrected chi connectivity index (χ1v) is 16.5. The summed E-state index contributed by atoms with van der Waals surface area (Å²) in [6.45, 7) is 16.9. The highest BCUT2D eigenvalue weighted by Crippen LogP contribution is 2.39. The number of phenolic OH excluding ortho intramolecular Hbond substituents is 4. The zero-order chi connectivity index (χ0) is 38.2. The van der Waals surface area contributed by atoms with Crippen LogP contribution in [0.4, 0.5) is 0 Å². The van der Waals surface area contributed by atoms with E-state index < -0.39 is 0 Å². The fourth-order valence-electron chi connectivity index (χ4n) is 5.57. The van der Waals surface area contributed by atoms with Crippen LogP contribution in [0.1, 0.15) is 79.8 Å². The number of ketones is 2. The van der Waals surface area contributed by atoms with Crippen molar-refractivity contribution >= 4 is 35.9 Å². The van der Waals surface area contributed by atoms with E-state index in [0.717, 1.165) is 72.3 Å². The molecule has 52 heavy (non-hydrogen) atoms. The Labute approximate surface area is 308 Å². The molecule has 4 aromatic carbocycles. The summed E-state index contributed by atoms with van der Waals surface area (Å²) in [5.41, 5.74) is 11.1. The van der Waals surface area contributed by atoms with Gasteiger partial charge in [0.2, 0.25) is 0 Å². The Morgan fingerprint density at radius 3 is 1.21 bits per heavy atom. The zero-order valence-electron chi connectivity index (χ0n) is 31.1. The summed E-state index contributed by atoms with van der Waals surface area (Å²) in [7, 11) is 1.52. The Kier molecular flexibility index (Phi) is 15.0. The number of hydrogen-bond acceptors (Lipinski definition) is 7. The molecule has 4 N–H and O–H groups in total. The second-order valence-electron chi connectivity index (χ2n) is 12.7. The molecule has 0 radical (unpaired) electrons. The van der Waals surface area contributed by atoms with Gasteiger partial charge in [-0.25, -0.2) is 0 Å². The Balaban J connectivity index is 0.000000366.